The topological polar surface area (TPSA) is 64.6 Å². The van der Waals surface area contributed by atoms with Crippen LogP contribution in [0.5, 0.6) is 11.5 Å². The zero-order chi connectivity index (χ0) is 20.7. The Morgan fingerprint density at radius 3 is 2.39 bits per heavy atom. The molecule has 0 bridgehead atoms. The maximum absolute atomic E-state index is 12.9. The van der Waals surface area contributed by atoms with Gasteiger partial charge in [0.05, 0.1) is 5.56 Å². The van der Waals surface area contributed by atoms with Gasteiger partial charge in [-0.3, -0.25) is 4.79 Å². The molecule has 1 unspecified atom stereocenters. The fourth-order valence-electron chi connectivity index (χ4n) is 2.20. The quantitative estimate of drug-likeness (QED) is 0.542. The van der Waals surface area contributed by atoms with E-state index in [1.165, 1.54) is 43.3 Å². The lowest BCUT2D eigenvalue weighted by molar-refractivity contribution is -0.142. The highest BCUT2D eigenvalue weighted by Crippen LogP contribution is 2.31. The highest BCUT2D eigenvalue weighted by atomic mass is 35.5. The summed E-state index contributed by atoms with van der Waals surface area (Å²) in [7, 11) is 0. The molecule has 150 valence electrons. The van der Waals surface area contributed by atoms with Gasteiger partial charge in [0, 0.05) is 24.9 Å². The van der Waals surface area contributed by atoms with Crippen molar-refractivity contribution in [1.82, 2.24) is 5.32 Å². The number of rotatable bonds is 7. The minimum absolute atomic E-state index is 0.00223. The van der Waals surface area contributed by atoms with E-state index in [1.54, 1.807) is 0 Å². The molecule has 2 rings (SSSR count). The molecule has 0 radical (unpaired) electrons. The van der Waals surface area contributed by atoms with Crippen molar-refractivity contribution in [1.29, 1.82) is 0 Å². The van der Waals surface area contributed by atoms with Gasteiger partial charge >= 0.3 is 12.1 Å². The van der Waals surface area contributed by atoms with Crippen molar-refractivity contribution in [2.24, 2.45) is 0 Å². The molecule has 5 nitrogen and oxygen atoms in total. The van der Waals surface area contributed by atoms with Gasteiger partial charge in [-0.25, -0.2) is 4.79 Å². The molecule has 0 saturated carbocycles. The number of nitrogens with one attached hydrogen (secondary N) is 1. The number of hydrogen-bond donors (Lipinski definition) is 1. The predicted octanol–water partition coefficient (Wildman–Crippen LogP) is 4.24. The van der Waals surface area contributed by atoms with Gasteiger partial charge in [0.1, 0.15) is 11.5 Å². The van der Waals surface area contributed by atoms with Crippen molar-refractivity contribution in [2.75, 3.05) is 6.54 Å². The van der Waals surface area contributed by atoms with Crippen molar-refractivity contribution < 1.29 is 32.2 Å². The van der Waals surface area contributed by atoms with E-state index in [9.17, 15) is 22.8 Å². The Hall–Kier alpha value is -2.74. The fraction of sp³-hybridized carbons (Fsp3) is 0.263. The van der Waals surface area contributed by atoms with Crippen LogP contribution in [0.4, 0.5) is 13.2 Å². The second-order valence-electron chi connectivity index (χ2n) is 5.78. The van der Waals surface area contributed by atoms with E-state index >= 15 is 0 Å². The largest absolute Gasteiger partial charge is 0.479 e. The van der Waals surface area contributed by atoms with Gasteiger partial charge < -0.3 is 14.8 Å². The van der Waals surface area contributed by atoms with Crippen LogP contribution in [0.1, 0.15) is 18.9 Å². The Morgan fingerprint density at radius 1 is 1.11 bits per heavy atom. The Kier molecular flexibility index (Phi) is 7.28. The van der Waals surface area contributed by atoms with E-state index < -0.39 is 23.8 Å². The Morgan fingerprint density at radius 2 is 1.79 bits per heavy atom. The van der Waals surface area contributed by atoms with Crippen molar-refractivity contribution in [3.63, 3.8) is 0 Å². The van der Waals surface area contributed by atoms with Gasteiger partial charge in [-0.2, -0.15) is 13.2 Å². The molecular weight excluding hydrogens is 399 g/mol. The second-order valence-corrected chi connectivity index (χ2v) is 6.22. The Bertz CT molecular complexity index is 825. The smallest absolute Gasteiger partial charge is 0.416 e. The molecule has 0 aliphatic heterocycles. The number of ether oxygens (including phenoxy) is 2. The molecule has 0 aromatic heterocycles. The lowest BCUT2D eigenvalue weighted by atomic mass is 10.2. The summed E-state index contributed by atoms with van der Waals surface area (Å²) in [6, 6.07) is 10.1. The van der Waals surface area contributed by atoms with Crippen LogP contribution in [0.3, 0.4) is 0 Å². The summed E-state index contributed by atoms with van der Waals surface area (Å²) in [5.41, 5.74) is -0.906. The summed E-state index contributed by atoms with van der Waals surface area (Å²) < 4.78 is 49.2. The van der Waals surface area contributed by atoms with Gasteiger partial charge in [0.15, 0.2) is 6.10 Å². The zero-order valence-corrected chi connectivity index (χ0v) is 15.5. The third-order valence-electron chi connectivity index (χ3n) is 3.52. The third kappa shape index (κ3) is 6.77. The normalized spacial score (nSPS) is 12.2. The van der Waals surface area contributed by atoms with Crippen molar-refractivity contribution in [2.45, 2.75) is 25.6 Å². The van der Waals surface area contributed by atoms with E-state index in [0.717, 1.165) is 12.1 Å². The maximum atomic E-state index is 12.9. The monoisotopic (exact) mass is 415 g/mol. The molecule has 1 amide bonds. The SMILES string of the molecule is CC(=O)NCCC(Oc1cccc(C(F)(F)F)c1)C(=O)Oc1ccc(Cl)cc1. The van der Waals surface area contributed by atoms with E-state index in [1.807, 2.05) is 0 Å². The maximum Gasteiger partial charge on any atom is 0.416 e. The summed E-state index contributed by atoms with van der Waals surface area (Å²) in [5.74, 6) is -1.07. The minimum Gasteiger partial charge on any atom is -0.479 e. The number of alkyl halides is 3. The first-order chi connectivity index (χ1) is 13.1. The number of hydrogen-bond acceptors (Lipinski definition) is 4. The van der Waals surface area contributed by atoms with Crippen molar-refractivity contribution >= 4 is 23.5 Å². The van der Waals surface area contributed by atoms with Crippen LogP contribution in [0.25, 0.3) is 0 Å². The highest BCUT2D eigenvalue weighted by molar-refractivity contribution is 6.30. The van der Waals surface area contributed by atoms with Crippen LogP contribution in [0.2, 0.25) is 5.02 Å². The summed E-state index contributed by atoms with van der Waals surface area (Å²) in [6.45, 7) is 1.38. The second kappa shape index (κ2) is 9.45. The summed E-state index contributed by atoms with van der Waals surface area (Å²) in [5, 5.41) is 2.95. The van der Waals surface area contributed by atoms with Crippen LogP contribution in [0.15, 0.2) is 48.5 Å². The van der Waals surface area contributed by atoms with E-state index in [-0.39, 0.29) is 30.4 Å². The molecule has 28 heavy (non-hydrogen) atoms. The standard InChI is InChI=1S/C19H17ClF3NO4/c1-12(25)24-10-9-17(18(26)28-15-7-5-14(20)6-8-15)27-16-4-2-3-13(11-16)19(21,22)23/h2-8,11,17H,9-10H2,1H3,(H,24,25). The van der Waals surface area contributed by atoms with Gasteiger partial charge in [-0.15, -0.1) is 0 Å². The van der Waals surface area contributed by atoms with Crippen LogP contribution in [-0.2, 0) is 15.8 Å². The van der Waals surface area contributed by atoms with Crippen molar-refractivity contribution in [3.05, 3.63) is 59.1 Å². The van der Waals surface area contributed by atoms with E-state index in [2.05, 4.69) is 5.32 Å². The van der Waals surface area contributed by atoms with E-state index in [0.29, 0.717) is 5.02 Å². The molecule has 9 heteroatoms. The molecule has 0 aliphatic carbocycles. The Labute approximate surface area is 164 Å². The molecule has 0 heterocycles. The van der Waals surface area contributed by atoms with Crippen LogP contribution < -0.4 is 14.8 Å². The molecule has 2 aromatic rings. The van der Waals surface area contributed by atoms with Gasteiger partial charge in [0.2, 0.25) is 5.91 Å². The Balaban J connectivity index is 2.15. The average molecular weight is 416 g/mol. The number of amides is 1. The average Bonchev–Trinajstić information content (AvgIpc) is 2.62. The zero-order valence-electron chi connectivity index (χ0n) is 14.8. The van der Waals surface area contributed by atoms with Crippen LogP contribution >= 0.6 is 11.6 Å². The summed E-state index contributed by atoms with van der Waals surface area (Å²) in [6.07, 6.45) is -5.78. The lowest BCUT2D eigenvalue weighted by Gasteiger charge is -2.19. The summed E-state index contributed by atoms with van der Waals surface area (Å²) in [4.78, 5) is 23.5. The van der Waals surface area contributed by atoms with Crippen LogP contribution in [0, 0.1) is 0 Å². The molecule has 0 spiro atoms. The predicted molar refractivity (Wildman–Crippen MR) is 96.2 cm³/mol. The van der Waals surface area contributed by atoms with Crippen LogP contribution in [-0.4, -0.2) is 24.5 Å². The number of halogens is 4. The number of esters is 1. The molecule has 1 N–H and O–H groups in total. The van der Waals surface area contributed by atoms with Gasteiger partial charge in [-0.05, 0) is 42.5 Å². The first-order valence-corrected chi connectivity index (χ1v) is 8.58. The van der Waals surface area contributed by atoms with Crippen molar-refractivity contribution in [3.8, 4) is 11.5 Å². The fourth-order valence-corrected chi connectivity index (χ4v) is 2.32. The third-order valence-corrected chi connectivity index (χ3v) is 3.77. The molecule has 2 aromatic carbocycles. The first kappa shape index (κ1) is 21.6. The number of carbonyl (C=O) groups is 2. The lowest BCUT2D eigenvalue weighted by Crippen LogP contribution is -2.35. The molecule has 0 fully saturated rings. The summed E-state index contributed by atoms with van der Waals surface area (Å²) >= 11 is 5.77. The van der Waals surface area contributed by atoms with Gasteiger partial charge in [-0.1, -0.05) is 17.7 Å². The molecule has 0 saturated heterocycles. The number of benzene rings is 2. The molecule has 0 aliphatic rings. The number of carbonyl (C=O) groups excluding carboxylic acids is 2. The first-order valence-electron chi connectivity index (χ1n) is 8.21. The molecule has 1 atom stereocenters. The molecular formula is C19H17ClF3NO4. The van der Waals surface area contributed by atoms with E-state index in [4.69, 9.17) is 21.1 Å². The minimum atomic E-state index is -4.55. The highest BCUT2D eigenvalue weighted by Gasteiger charge is 2.31. The van der Waals surface area contributed by atoms with Gasteiger partial charge in [0.25, 0.3) is 0 Å².